The van der Waals surface area contributed by atoms with Gasteiger partial charge in [-0.2, -0.15) is 0 Å². The second-order valence-corrected chi connectivity index (χ2v) is 20.1. The van der Waals surface area contributed by atoms with Gasteiger partial charge in [-0.1, -0.05) is 183 Å². The molecule has 0 spiro atoms. The summed E-state index contributed by atoms with van der Waals surface area (Å²) in [4.78, 5) is 0. The molecule has 0 fully saturated rings. The highest BCUT2D eigenvalue weighted by molar-refractivity contribution is 6.09. The first kappa shape index (κ1) is 35.7. The van der Waals surface area contributed by atoms with Gasteiger partial charge < -0.3 is 0 Å². The number of rotatable bonds is 3. The molecule has 8 aromatic rings. The van der Waals surface area contributed by atoms with Crippen LogP contribution in [0.1, 0.15) is 99.9 Å². The molecule has 0 aliphatic heterocycles. The van der Waals surface area contributed by atoms with E-state index < -0.39 is 0 Å². The van der Waals surface area contributed by atoms with Gasteiger partial charge in [0.25, 0.3) is 0 Å². The average molecular weight is 771 g/mol. The number of benzene rings is 8. The van der Waals surface area contributed by atoms with Crippen LogP contribution in [0.5, 0.6) is 0 Å². The number of hydrogen-bond acceptors (Lipinski definition) is 0. The molecule has 0 heterocycles. The molecule has 0 atom stereocenters. The van der Waals surface area contributed by atoms with Gasteiger partial charge in [-0.3, -0.25) is 0 Å². The molecule has 8 aromatic carbocycles. The van der Waals surface area contributed by atoms with Gasteiger partial charge in [0.05, 0.1) is 0 Å². The lowest BCUT2D eigenvalue weighted by Crippen LogP contribution is -2.18. The van der Waals surface area contributed by atoms with Crippen molar-refractivity contribution in [3.63, 3.8) is 0 Å². The Morgan fingerprint density at radius 3 is 1.50 bits per heavy atom. The van der Waals surface area contributed by atoms with Gasteiger partial charge in [-0.15, -0.1) is 0 Å². The number of fused-ring (bicyclic) bond motifs is 13. The topological polar surface area (TPSA) is 0 Å². The minimum absolute atomic E-state index is 0.0637. The molecule has 0 unspecified atom stereocenters. The van der Waals surface area contributed by atoms with Gasteiger partial charge in [-0.05, 0) is 152 Å². The second kappa shape index (κ2) is 11.7. The summed E-state index contributed by atoms with van der Waals surface area (Å²) in [6, 6.07) is 55.7. The SMILES string of the molecule is CC1(C)C(c2ccc3c(c2)C(C)(C)c2cc4c(cc2-3)C(C)(C)c2ccc3ccccc3c2-4)=CC=C1c1ccc2c(c1)C(C)(C)c1cc(-c3ccccc3)c3ccccc3c1-2. The van der Waals surface area contributed by atoms with E-state index >= 15 is 0 Å². The average Bonchev–Trinajstić information content (AvgIpc) is 3.86. The fourth-order valence-electron chi connectivity index (χ4n) is 12.1. The standard InChI is InChI=1S/C60H50/c1-57(2)47(28-29-48(57)38-23-26-43-51(31-38)60(7,8)54-32-44(35-16-10-9-11-17-35)40-20-14-15-21-42(40)56(43)54)37-22-25-41-45-33-53-46(34-52(45)59(5,6)50(41)30-37)55-39-19-13-12-18-36(39)24-27-49(55)58(53,3)4/h9-34H,1-8H3. The highest BCUT2D eigenvalue weighted by Crippen LogP contribution is 2.59. The highest BCUT2D eigenvalue weighted by atomic mass is 14.5. The van der Waals surface area contributed by atoms with Crippen molar-refractivity contribution in [3.05, 3.63) is 202 Å². The monoisotopic (exact) mass is 770 g/mol. The molecule has 60 heavy (non-hydrogen) atoms. The lowest BCUT2D eigenvalue weighted by molar-refractivity contribution is 0.651. The van der Waals surface area contributed by atoms with Crippen LogP contribution in [0.25, 0.3) is 77.2 Å². The van der Waals surface area contributed by atoms with Gasteiger partial charge >= 0.3 is 0 Å². The maximum absolute atomic E-state index is 2.56. The normalized spacial score (nSPS) is 17.7. The van der Waals surface area contributed by atoms with E-state index in [-0.39, 0.29) is 21.7 Å². The van der Waals surface area contributed by atoms with E-state index in [9.17, 15) is 0 Å². The van der Waals surface area contributed by atoms with Crippen molar-refractivity contribution >= 4 is 32.7 Å². The molecule has 0 N–H and O–H groups in total. The molecule has 12 rings (SSSR count). The third-order valence-corrected chi connectivity index (χ3v) is 15.5. The van der Waals surface area contributed by atoms with Gasteiger partial charge in [0.1, 0.15) is 0 Å². The van der Waals surface area contributed by atoms with Gasteiger partial charge in [-0.25, -0.2) is 0 Å². The van der Waals surface area contributed by atoms with Crippen molar-refractivity contribution in [3.8, 4) is 44.5 Å². The van der Waals surface area contributed by atoms with Crippen molar-refractivity contribution in [2.45, 2.75) is 71.6 Å². The van der Waals surface area contributed by atoms with Crippen LogP contribution in [0.15, 0.2) is 158 Å². The maximum Gasteiger partial charge on any atom is 0.0159 e. The molecule has 0 heteroatoms. The molecule has 0 amide bonds. The fraction of sp³-hybridized carbons (Fsp3) is 0.200. The van der Waals surface area contributed by atoms with E-state index in [4.69, 9.17) is 0 Å². The molecule has 4 aliphatic carbocycles. The Kier molecular flexibility index (Phi) is 6.98. The Morgan fingerprint density at radius 1 is 0.283 bits per heavy atom. The zero-order valence-corrected chi connectivity index (χ0v) is 36.0. The number of hydrogen-bond donors (Lipinski definition) is 0. The maximum atomic E-state index is 2.56. The summed E-state index contributed by atoms with van der Waals surface area (Å²) < 4.78 is 0. The highest BCUT2D eigenvalue weighted by Gasteiger charge is 2.44. The Morgan fingerprint density at radius 2 is 0.783 bits per heavy atom. The van der Waals surface area contributed by atoms with E-state index in [0.29, 0.717) is 0 Å². The van der Waals surface area contributed by atoms with E-state index in [1.165, 1.54) is 122 Å². The summed E-state index contributed by atoms with van der Waals surface area (Å²) in [5, 5.41) is 5.33. The summed E-state index contributed by atoms with van der Waals surface area (Å²) in [6.07, 6.45) is 4.80. The molecule has 4 aliphatic rings. The van der Waals surface area contributed by atoms with Gasteiger partial charge in [0.2, 0.25) is 0 Å². The third kappa shape index (κ3) is 4.52. The summed E-state index contributed by atoms with van der Waals surface area (Å²) in [5.74, 6) is 0. The fourth-order valence-corrected chi connectivity index (χ4v) is 12.1. The van der Waals surface area contributed by atoms with E-state index in [2.05, 4.69) is 213 Å². The Labute approximate surface area is 355 Å². The molecule has 0 aromatic heterocycles. The Bertz CT molecular complexity index is 3280. The van der Waals surface area contributed by atoms with Crippen molar-refractivity contribution in [1.29, 1.82) is 0 Å². The summed E-state index contributed by atoms with van der Waals surface area (Å²) >= 11 is 0. The smallest absolute Gasteiger partial charge is 0.0159 e. The molecule has 0 bridgehead atoms. The molecule has 0 saturated carbocycles. The molecule has 0 saturated heterocycles. The first-order valence-corrected chi connectivity index (χ1v) is 21.8. The molecule has 290 valence electrons. The summed E-state index contributed by atoms with van der Waals surface area (Å²) in [6.45, 7) is 19.4. The first-order chi connectivity index (χ1) is 28.8. The van der Waals surface area contributed by atoms with Crippen LogP contribution in [0, 0.1) is 5.41 Å². The third-order valence-electron chi connectivity index (χ3n) is 15.5. The van der Waals surface area contributed by atoms with Crippen LogP contribution in [0.2, 0.25) is 0 Å². The Balaban J connectivity index is 0.907. The van der Waals surface area contributed by atoms with Gasteiger partial charge in [0, 0.05) is 21.7 Å². The summed E-state index contributed by atoms with van der Waals surface area (Å²) in [5.41, 5.74) is 24.4. The molecular weight excluding hydrogens is 721 g/mol. The summed E-state index contributed by atoms with van der Waals surface area (Å²) in [7, 11) is 0. The van der Waals surface area contributed by atoms with E-state index in [1.807, 2.05) is 0 Å². The lowest BCUT2D eigenvalue weighted by atomic mass is 9.73. The van der Waals surface area contributed by atoms with Crippen LogP contribution in [-0.4, -0.2) is 0 Å². The van der Waals surface area contributed by atoms with Crippen molar-refractivity contribution < 1.29 is 0 Å². The predicted molar refractivity (Wildman–Crippen MR) is 256 cm³/mol. The van der Waals surface area contributed by atoms with Gasteiger partial charge in [0.15, 0.2) is 0 Å². The van der Waals surface area contributed by atoms with Crippen molar-refractivity contribution in [2.24, 2.45) is 5.41 Å². The van der Waals surface area contributed by atoms with Crippen LogP contribution >= 0.6 is 0 Å². The minimum Gasteiger partial charge on any atom is -0.0622 e. The quantitative estimate of drug-likeness (QED) is 0.168. The minimum atomic E-state index is -0.170. The largest absolute Gasteiger partial charge is 0.0622 e. The Hall–Kier alpha value is -6.24. The van der Waals surface area contributed by atoms with Crippen LogP contribution in [0.4, 0.5) is 0 Å². The van der Waals surface area contributed by atoms with E-state index in [1.54, 1.807) is 0 Å². The van der Waals surface area contributed by atoms with Crippen LogP contribution in [0.3, 0.4) is 0 Å². The number of allylic oxidation sites excluding steroid dienone is 4. The van der Waals surface area contributed by atoms with Crippen molar-refractivity contribution in [2.75, 3.05) is 0 Å². The lowest BCUT2D eigenvalue weighted by Gasteiger charge is -2.30. The molecular formula is C60H50. The second-order valence-electron chi connectivity index (χ2n) is 20.1. The van der Waals surface area contributed by atoms with E-state index in [0.717, 1.165) is 0 Å². The first-order valence-electron chi connectivity index (χ1n) is 21.8. The van der Waals surface area contributed by atoms with Crippen LogP contribution in [-0.2, 0) is 16.2 Å². The predicted octanol–water partition coefficient (Wildman–Crippen LogP) is 16.1. The molecule has 0 nitrogen and oxygen atoms in total. The zero-order valence-electron chi connectivity index (χ0n) is 36.0. The van der Waals surface area contributed by atoms with Crippen LogP contribution < -0.4 is 0 Å². The zero-order chi connectivity index (χ0) is 41.1. The van der Waals surface area contributed by atoms with Crippen molar-refractivity contribution in [1.82, 2.24) is 0 Å². The molecule has 0 radical (unpaired) electrons.